The third-order valence-corrected chi connectivity index (χ3v) is 3.04. The van der Waals surface area contributed by atoms with E-state index in [1.165, 1.54) is 0 Å². The Kier molecular flexibility index (Phi) is 12.8. The molecule has 1 atom stereocenters. The Morgan fingerprint density at radius 3 is 2.20 bits per heavy atom. The molecule has 0 aliphatic heterocycles. The van der Waals surface area contributed by atoms with Crippen molar-refractivity contribution in [1.82, 2.24) is 15.3 Å². The summed E-state index contributed by atoms with van der Waals surface area (Å²) in [5.41, 5.74) is 5.57. The van der Waals surface area contributed by atoms with Gasteiger partial charge in [-0.3, -0.25) is 4.79 Å². The van der Waals surface area contributed by atoms with Crippen LogP contribution in [0.2, 0.25) is 0 Å². The zero-order valence-corrected chi connectivity index (χ0v) is 15.1. The zero-order valence-electron chi connectivity index (χ0n) is 15.1. The number of imidazole rings is 1. The molecule has 2 aromatic rings. The first-order valence-electron chi connectivity index (χ1n) is 8.48. The van der Waals surface area contributed by atoms with E-state index in [4.69, 9.17) is 5.73 Å². The molecule has 0 spiro atoms. The summed E-state index contributed by atoms with van der Waals surface area (Å²) >= 11 is 0. The minimum atomic E-state index is -0.411. The van der Waals surface area contributed by atoms with Crippen LogP contribution in [0.25, 0.3) is 0 Å². The van der Waals surface area contributed by atoms with Crippen LogP contribution in [0.5, 0.6) is 0 Å². The van der Waals surface area contributed by atoms with E-state index in [0.717, 1.165) is 43.5 Å². The topological polar surface area (TPSA) is 83.8 Å². The fraction of sp³-hybridized carbons (Fsp3) is 0.444. The van der Waals surface area contributed by atoms with Gasteiger partial charge in [-0.05, 0) is 30.7 Å². The molecule has 0 saturated carbocycles. The number of nitrogens with one attached hydrogen (secondary N) is 2. The largest absolute Gasteiger partial charge is 0.345 e. The van der Waals surface area contributed by atoms with E-state index in [1.54, 1.807) is 12.4 Å². The SMILES string of the molecule is CC.CCCC[C@@H](CN)NC(=O)c1ncc[nH]1.Fc1ccc(F)cc1. The molecule has 1 heterocycles. The monoisotopic (exact) mass is 354 g/mol. The predicted molar refractivity (Wildman–Crippen MR) is 96.1 cm³/mol. The first kappa shape index (κ1) is 22.7. The number of carbonyl (C=O) groups is 1. The van der Waals surface area contributed by atoms with Crippen LogP contribution in [0, 0.1) is 11.6 Å². The molecule has 0 fully saturated rings. The van der Waals surface area contributed by atoms with Gasteiger partial charge < -0.3 is 16.0 Å². The molecule has 0 saturated heterocycles. The molecular weight excluding hydrogens is 326 g/mol. The smallest absolute Gasteiger partial charge is 0.287 e. The van der Waals surface area contributed by atoms with Crippen molar-refractivity contribution in [2.45, 2.75) is 46.1 Å². The van der Waals surface area contributed by atoms with E-state index in [1.807, 2.05) is 13.8 Å². The Morgan fingerprint density at radius 2 is 1.80 bits per heavy atom. The average Bonchev–Trinajstić information content (AvgIpc) is 3.18. The summed E-state index contributed by atoms with van der Waals surface area (Å²) in [6.07, 6.45) is 6.27. The summed E-state index contributed by atoms with van der Waals surface area (Å²) in [4.78, 5) is 18.2. The van der Waals surface area contributed by atoms with E-state index in [9.17, 15) is 13.6 Å². The minimum Gasteiger partial charge on any atom is -0.345 e. The third kappa shape index (κ3) is 10.2. The highest BCUT2D eigenvalue weighted by molar-refractivity contribution is 5.90. The molecule has 1 aromatic carbocycles. The fourth-order valence-corrected chi connectivity index (χ4v) is 1.77. The molecule has 0 bridgehead atoms. The lowest BCUT2D eigenvalue weighted by atomic mass is 10.1. The fourth-order valence-electron chi connectivity index (χ4n) is 1.77. The second-order valence-corrected chi connectivity index (χ2v) is 4.92. The van der Waals surface area contributed by atoms with Crippen LogP contribution in [0.1, 0.15) is 50.7 Å². The maximum atomic E-state index is 11.9. The van der Waals surface area contributed by atoms with E-state index in [0.29, 0.717) is 12.4 Å². The minimum absolute atomic E-state index is 0.0440. The number of amides is 1. The number of H-pyrrole nitrogens is 1. The van der Waals surface area contributed by atoms with Crippen molar-refractivity contribution in [3.63, 3.8) is 0 Å². The molecule has 4 N–H and O–H groups in total. The van der Waals surface area contributed by atoms with Crippen LogP contribution in [-0.4, -0.2) is 28.5 Å². The molecule has 0 aliphatic rings. The highest BCUT2D eigenvalue weighted by atomic mass is 19.1. The van der Waals surface area contributed by atoms with Crippen molar-refractivity contribution in [3.05, 3.63) is 54.1 Å². The van der Waals surface area contributed by atoms with Gasteiger partial charge in [-0.1, -0.05) is 33.6 Å². The predicted octanol–water partition coefficient (Wildman–Crippen LogP) is 3.65. The second kappa shape index (κ2) is 14.1. The molecule has 5 nitrogen and oxygen atoms in total. The molecule has 0 aliphatic carbocycles. The lowest BCUT2D eigenvalue weighted by Crippen LogP contribution is -2.40. The standard InChI is InChI=1S/C10H18N4O.C6H4F2.C2H6/c1-2-3-4-8(7-11)14-10(15)9-12-5-6-13-9;7-5-1-2-6(8)4-3-5;1-2/h5-6,8H,2-4,7,11H2,1H3,(H,12,13)(H,14,15);1-4H;1-2H3/t8-;;/m0../s1. The maximum absolute atomic E-state index is 11.9. The zero-order chi connectivity index (χ0) is 19.1. The van der Waals surface area contributed by atoms with Crippen molar-refractivity contribution in [2.24, 2.45) is 5.73 Å². The van der Waals surface area contributed by atoms with Gasteiger partial charge in [-0.15, -0.1) is 0 Å². The quantitative estimate of drug-likeness (QED) is 0.740. The number of aromatic nitrogens is 2. The van der Waals surface area contributed by atoms with Crippen LogP contribution in [0.3, 0.4) is 0 Å². The Hall–Kier alpha value is -2.28. The van der Waals surface area contributed by atoms with Gasteiger partial charge in [0.2, 0.25) is 0 Å². The molecular formula is C18H28F2N4O. The average molecular weight is 354 g/mol. The van der Waals surface area contributed by atoms with Crippen LogP contribution < -0.4 is 11.1 Å². The Bertz CT molecular complexity index is 538. The van der Waals surface area contributed by atoms with Crippen molar-refractivity contribution >= 4 is 5.91 Å². The molecule has 25 heavy (non-hydrogen) atoms. The number of aromatic amines is 1. The first-order chi connectivity index (χ1) is 12.1. The van der Waals surface area contributed by atoms with Gasteiger partial charge in [0.1, 0.15) is 11.6 Å². The van der Waals surface area contributed by atoms with E-state index < -0.39 is 11.6 Å². The number of carbonyl (C=O) groups excluding carboxylic acids is 1. The van der Waals surface area contributed by atoms with Gasteiger partial charge in [0, 0.05) is 25.0 Å². The number of hydrogen-bond acceptors (Lipinski definition) is 3. The van der Waals surface area contributed by atoms with Crippen molar-refractivity contribution in [2.75, 3.05) is 6.54 Å². The summed E-state index contributed by atoms with van der Waals surface area (Å²) in [5, 5.41) is 2.85. The van der Waals surface area contributed by atoms with E-state index in [2.05, 4.69) is 22.2 Å². The Morgan fingerprint density at radius 1 is 1.24 bits per heavy atom. The van der Waals surface area contributed by atoms with Crippen LogP contribution >= 0.6 is 0 Å². The lowest BCUT2D eigenvalue weighted by molar-refractivity contribution is 0.0926. The number of benzene rings is 1. The molecule has 0 unspecified atom stereocenters. The highest BCUT2D eigenvalue weighted by Gasteiger charge is 2.13. The van der Waals surface area contributed by atoms with Crippen LogP contribution in [0.4, 0.5) is 8.78 Å². The molecule has 140 valence electrons. The number of rotatable bonds is 6. The summed E-state index contributed by atoms with van der Waals surface area (Å²) in [6.45, 7) is 6.58. The molecule has 2 rings (SSSR count). The molecule has 7 heteroatoms. The number of hydrogen-bond donors (Lipinski definition) is 3. The van der Waals surface area contributed by atoms with Gasteiger partial charge in [0.05, 0.1) is 0 Å². The lowest BCUT2D eigenvalue weighted by Gasteiger charge is -2.15. The summed E-state index contributed by atoms with van der Waals surface area (Å²) < 4.78 is 23.8. The Labute approximate surface area is 148 Å². The second-order valence-electron chi connectivity index (χ2n) is 4.92. The van der Waals surface area contributed by atoms with Gasteiger partial charge in [-0.2, -0.15) is 0 Å². The maximum Gasteiger partial charge on any atom is 0.287 e. The van der Waals surface area contributed by atoms with Gasteiger partial charge in [-0.25, -0.2) is 13.8 Å². The normalized spacial score (nSPS) is 10.6. The number of halogens is 2. The molecule has 1 aromatic heterocycles. The first-order valence-corrected chi connectivity index (χ1v) is 8.48. The third-order valence-electron chi connectivity index (χ3n) is 3.04. The number of nitrogens with two attached hydrogens (primary N) is 1. The summed E-state index contributed by atoms with van der Waals surface area (Å²) in [5.74, 6) is -0.672. The van der Waals surface area contributed by atoms with Crippen molar-refractivity contribution in [1.29, 1.82) is 0 Å². The van der Waals surface area contributed by atoms with Crippen molar-refractivity contribution < 1.29 is 13.6 Å². The van der Waals surface area contributed by atoms with Gasteiger partial charge in [0.15, 0.2) is 5.82 Å². The highest BCUT2D eigenvalue weighted by Crippen LogP contribution is 2.00. The molecule has 1 amide bonds. The van der Waals surface area contributed by atoms with Gasteiger partial charge >= 0.3 is 0 Å². The Balaban J connectivity index is 0.000000483. The van der Waals surface area contributed by atoms with Crippen LogP contribution in [-0.2, 0) is 0 Å². The summed E-state index contributed by atoms with van der Waals surface area (Å²) in [7, 11) is 0. The van der Waals surface area contributed by atoms with E-state index >= 15 is 0 Å². The summed E-state index contributed by atoms with van der Waals surface area (Å²) in [6, 6.07) is 4.36. The van der Waals surface area contributed by atoms with Crippen LogP contribution in [0.15, 0.2) is 36.7 Å². The van der Waals surface area contributed by atoms with E-state index in [-0.39, 0.29) is 11.9 Å². The molecule has 0 radical (unpaired) electrons. The van der Waals surface area contributed by atoms with Crippen molar-refractivity contribution in [3.8, 4) is 0 Å². The number of unbranched alkanes of at least 4 members (excludes halogenated alkanes) is 1. The van der Waals surface area contributed by atoms with Gasteiger partial charge in [0.25, 0.3) is 5.91 Å². The number of nitrogens with zero attached hydrogens (tertiary/aromatic N) is 1.